The van der Waals surface area contributed by atoms with E-state index in [0.29, 0.717) is 23.1 Å². The molecule has 1 aromatic carbocycles. The van der Waals surface area contributed by atoms with E-state index >= 15 is 0 Å². The molecule has 5 rings (SSSR count). The van der Waals surface area contributed by atoms with Crippen molar-refractivity contribution in [1.82, 2.24) is 19.9 Å². The topological polar surface area (TPSA) is 105 Å². The summed E-state index contributed by atoms with van der Waals surface area (Å²) < 4.78 is 46.3. The normalized spacial score (nSPS) is 23.5. The van der Waals surface area contributed by atoms with E-state index in [1.807, 2.05) is 19.0 Å². The van der Waals surface area contributed by atoms with Gasteiger partial charge in [-0.15, -0.1) is 0 Å². The Kier molecular flexibility index (Phi) is 7.27. The molecular weight excluding hydrogens is 496 g/mol. The number of nitrogens with one attached hydrogen (secondary N) is 2. The van der Waals surface area contributed by atoms with Crippen LogP contribution in [0, 0.1) is 11.6 Å². The lowest BCUT2D eigenvalue weighted by Crippen LogP contribution is -2.34. The van der Waals surface area contributed by atoms with E-state index in [9.17, 15) is 13.9 Å². The number of H-pyrrole nitrogens is 1. The molecular formula is C24H28ClF2N5O4. The maximum Gasteiger partial charge on any atom is 0.296 e. The lowest BCUT2D eigenvalue weighted by molar-refractivity contribution is 0.00706. The lowest BCUT2D eigenvalue weighted by Gasteiger charge is -2.15. The highest BCUT2D eigenvalue weighted by Gasteiger charge is 2.48. The van der Waals surface area contributed by atoms with Crippen molar-refractivity contribution in [2.24, 2.45) is 0 Å². The average molecular weight is 524 g/mol. The third-order valence-corrected chi connectivity index (χ3v) is 6.64. The Morgan fingerprint density at radius 3 is 2.67 bits per heavy atom. The predicted molar refractivity (Wildman–Crippen MR) is 129 cm³/mol. The molecule has 0 bridgehead atoms. The number of benzene rings is 1. The molecule has 0 amide bonds. The number of rotatable bonds is 9. The molecule has 3 N–H and O–H groups in total. The first-order valence-electron chi connectivity index (χ1n) is 11.8. The summed E-state index contributed by atoms with van der Waals surface area (Å²) in [6, 6.07) is 4.55. The number of pyridine rings is 1. The van der Waals surface area contributed by atoms with Gasteiger partial charge in [0.25, 0.3) is 6.01 Å². The molecule has 0 spiro atoms. The van der Waals surface area contributed by atoms with Gasteiger partial charge in [0.15, 0.2) is 11.8 Å². The van der Waals surface area contributed by atoms with Crippen molar-refractivity contribution in [3.63, 3.8) is 0 Å². The van der Waals surface area contributed by atoms with Crippen LogP contribution in [0.1, 0.15) is 17.5 Å². The highest BCUT2D eigenvalue weighted by molar-refractivity contribution is 6.33. The Morgan fingerprint density at radius 1 is 1.17 bits per heavy atom. The van der Waals surface area contributed by atoms with Gasteiger partial charge in [0, 0.05) is 12.1 Å². The van der Waals surface area contributed by atoms with Crippen LogP contribution in [0.2, 0.25) is 5.02 Å². The predicted octanol–water partition coefficient (Wildman–Crippen LogP) is 2.90. The van der Waals surface area contributed by atoms with Gasteiger partial charge < -0.3 is 34.5 Å². The fourth-order valence-electron chi connectivity index (χ4n) is 4.50. The largest absolute Gasteiger partial charge is 0.456 e. The van der Waals surface area contributed by atoms with Crippen LogP contribution in [-0.4, -0.2) is 83.2 Å². The maximum atomic E-state index is 14.7. The molecule has 194 valence electrons. The highest BCUT2D eigenvalue weighted by Crippen LogP contribution is 2.31. The van der Waals surface area contributed by atoms with Crippen LogP contribution in [0.5, 0.6) is 6.01 Å². The molecule has 12 heteroatoms. The SMILES string of the molecule is CN(C)CCCc1cc(F)c(CNc2nc3nc(O[C@@H]4CO[C@H]5[C@@H]4OC[C@H]5O)[nH]c3cc2Cl)c(F)c1. The fraction of sp³-hybridized carbons (Fsp3) is 0.500. The van der Waals surface area contributed by atoms with Crippen LogP contribution < -0.4 is 10.1 Å². The number of aromatic amines is 1. The Labute approximate surface area is 211 Å². The first-order chi connectivity index (χ1) is 17.3. The molecule has 4 heterocycles. The summed E-state index contributed by atoms with van der Waals surface area (Å²) in [6.07, 6.45) is -0.515. The van der Waals surface area contributed by atoms with Crippen LogP contribution in [0.4, 0.5) is 14.6 Å². The van der Waals surface area contributed by atoms with E-state index in [4.69, 9.17) is 25.8 Å². The molecule has 2 aliphatic heterocycles. The summed E-state index contributed by atoms with van der Waals surface area (Å²) in [7, 11) is 3.92. The number of hydrogen-bond acceptors (Lipinski definition) is 8. The number of ether oxygens (including phenoxy) is 3. The van der Waals surface area contributed by atoms with Gasteiger partial charge in [0.1, 0.15) is 35.8 Å². The van der Waals surface area contributed by atoms with Gasteiger partial charge in [-0.25, -0.2) is 13.8 Å². The minimum absolute atomic E-state index is 0.0927. The summed E-state index contributed by atoms with van der Waals surface area (Å²) in [4.78, 5) is 13.7. The lowest BCUT2D eigenvalue weighted by atomic mass is 10.1. The standard InChI is InChI=1S/C24H28ClF2N5O4/c1-32(2)5-3-4-12-6-15(26)13(16(27)7-12)9-28-22-14(25)8-17-23(30-22)31-24(29-17)36-19-11-35-20-18(33)10-34-21(19)20/h6-8,18-21,33H,3-5,9-11H2,1-2H3,(H2,28,29,30,31)/t18-,19-,20-,21-/m1/s1. The van der Waals surface area contributed by atoms with Crippen LogP contribution in [-0.2, 0) is 22.4 Å². The van der Waals surface area contributed by atoms with Crippen molar-refractivity contribution in [2.75, 3.05) is 39.2 Å². The average Bonchev–Trinajstić information content (AvgIpc) is 3.50. The molecule has 0 radical (unpaired) electrons. The van der Waals surface area contributed by atoms with E-state index < -0.39 is 29.9 Å². The third kappa shape index (κ3) is 5.25. The Hall–Kier alpha value is -2.57. The van der Waals surface area contributed by atoms with Crippen molar-refractivity contribution < 1.29 is 28.1 Å². The maximum absolute atomic E-state index is 14.7. The number of nitrogens with zero attached hydrogens (tertiary/aromatic N) is 3. The van der Waals surface area contributed by atoms with Crippen molar-refractivity contribution in [3.05, 3.63) is 46.0 Å². The summed E-state index contributed by atoms with van der Waals surface area (Å²) in [6.45, 7) is 1.16. The second-order valence-corrected chi connectivity index (χ2v) is 9.76. The molecule has 0 aliphatic carbocycles. The van der Waals surface area contributed by atoms with E-state index in [-0.39, 0.29) is 48.3 Å². The molecule has 2 fully saturated rings. The molecule has 2 aliphatic rings. The van der Waals surface area contributed by atoms with Crippen molar-refractivity contribution in [3.8, 4) is 6.01 Å². The minimum atomic E-state index is -0.678. The van der Waals surface area contributed by atoms with Gasteiger partial charge in [-0.1, -0.05) is 11.6 Å². The Balaban J connectivity index is 1.25. The van der Waals surface area contributed by atoms with Gasteiger partial charge in [-0.05, 0) is 57.2 Å². The first kappa shape index (κ1) is 25.1. The van der Waals surface area contributed by atoms with E-state index in [0.717, 1.165) is 13.0 Å². The molecule has 4 atom stereocenters. The number of anilines is 1. The van der Waals surface area contributed by atoms with Crippen molar-refractivity contribution in [2.45, 2.75) is 43.8 Å². The smallest absolute Gasteiger partial charge is 0.296 e. The fourth-order valence-corrected chi connectivity index (χ4v) is 4.72. The monoisotopic (exact) mass is 523 g/mol. The van der Waals surface area contributed by atoms with Gasteiger partial charge in [0.2, 0.25) is 0 Å². The highest BCUT2D eigenvalue weighted by atomic mass is 35.5. The molecule has 36 heavy (non-hydrogen) atoms. The quantitative estimate of drug-likeness (QED) is 0.393. The van der Waals surface area contributed by atoms with Crippen molar-refractivity contribution in [1.29, 1.82) is 0 Å². The Bertz CT molecular complexity index is 1220. The molecule has 2 aromatic heterocycles. The number of hydrogen-bond donors (Lipinski definition) is 3. The number of aromatic nitrogens is 3. The van der Waals surface area contributed by atoms with Gasteiger partial charge >= 0.3 is 0 Å². The molecule has 0 saturated carbocycles. The zero-order valence-corrected chi connectivity index (χ0v) is 20.7. The van der Waals surface area contributed by atoms with E-state index in [2.05, 4.69) is 20.3 Å². The zero-order chi connectivity index (χ0) is 25.4. The van der Waals surface area contributed by atoms with Crippen LogP contribution in [0.15, 0.2) is 18.2 Å². The minimum Gasteiger partial charge on any atom is -0.456 e. The summed E-state index contributed by atoms with van der Waals surface area (Å²) in [5, 5.41) is 13.0. The van der Waals surface area contributed by atoms with Crippen LogP contribution in [0.3, 0.4) is 0 Å². The number of imidazole rings is 1. The summed E-state index contributed by atoms with van der Waals surface area (Å²) >= 11 is 6.35. The number of aliphatic hydroxyl groups excluding tert-OH is 1. The van der Waals surface area contributed by atoms with E-state index in [1.165, 1.54) is 12.1 Å². The van der Waals surface area contributed by atoms with Gasteiger partial charge in [0.05, 0.1) is 23.8 Å². The molecule has 2 saturated heterocycles. The summed E-state index contributed by atoms with van der Waals surface area (Å²) in [5.74, 6) is -1.000. The van der Waals surface area contributed by atoms with Crippen molar-refractivity contribution >= 4 is 28.6 Å². The number of fused-ring (bicyclic) bond motifs is 2. The third-order valence-electron chi connectivity index (χ3n) is 6.35. The van der Waals surface area contributed by atoms with E-state index in [1.54, 1.807) is 6.07 Å². The van der Waals surface area contributed by atoms with Gasteiger partial charge in [-0.3, -0.25) is 0 Å². The summed E-state index contributed by atoms with van der Waals surface area (Å²) in [5.41, 5.74) is 1.37. The first-order valence-corrected chi connectivity index (χ1v) is 12.2. The molecule has 9 nitrogen and oxygen atoms in total. The number of aliphatic hydroxyl groups is 1. The van der Waals surface area contributed by atoms with Crippen LogP contribution in [0.25, 0.3) is 11.2 Å². The van der Waals surface area contributed by atoms with Gasteiger partial charge in [-0.2, -0.15) is 4.98 Å². The number of halogens is 3. The molecule has 0 unspecified atom stereocenters. The second-order valence-electron chi connectivity index (χ2n) is 9.35. The van der Waals surface area contributed by atoms with Crippen LogP contribution >= 0.6 is 11.6 Å². The second kappa shape index (κ2) is 10.4. The number of aryl methyl sites for hydroxylation is 1. The zero-order valence-electron chi connectivity index (χ0n) is 19.9. The Morgan fingerprint density at radius 2 is 1.92 bits per heavy atom. The molecule has 3 aromatic rings.